The average Bonchev–Trinajstić information content (AvgIpc) is 2.59. The molecular formula is C19H19NO2. The Morgan fingerprint density at radius 2 is 1.68 bits per heavy atom. The van der Waals surface area contributed by atoms with Crippen LogP contribution >= 0.6 is 0 Å². The highest BCUT2D eigenvalue weighted by atomic mass is 16.3. The lowest BCUT2D eigenvalue weighted by atomic mass is 9.98. The second-order valence-corrected chi connectivity index (χ2v) is 5.36. The molecule has 3 heteroatoms. The number of aromatic nitrogens is 1. The van der Waals surface area contributed by atoms with E-state index in [0.29, 0.717) is 12.8 Å². The molecule has 1 atom stereocenters. The van der Waals surface area contributed by atoms with Crippen molar-refractivity contribution in [2.45, 2.75) is 18.9 Å². The number of benzene rings is 2. The van der Waals surface area contributed by atoms with Gasteiger partial charge in [-0.25, -0.2) is 4.98 Å². The summed E-state index contributed by atoms with van der Waals surface area (Å²) in [5.74, 6) is 0. The van der Waals surface area contributed by atoms with E-state index in [1.165, 1.54) is 0 Å². The lowest BCUT2D eigenvalue weighted by Gasteiger charge is -2.15. The normalized spacial score (nSPS) is 12.5. The maximum Gasteiger partial charge on any atom is 0.0798 e. The summed E-state index contributed by atoms with van der Waals surface area (Å²) < 4.78 is 0. The Hall–Kier alpha value is -2.23. The van der Waals surface area contributed by atoms with Crippen LogP contribution in [0.3, 0.4) is 0 Å². The third kappa shape index (κ3) is 3.01. The molecule has 0 fully saturated rings. The fourth-order valence-corrected chi connectivity index (χ4v) is 2.67. The molecule has 2 aromatic carbocycles. The van der Waals surface area contributed by atoms with E-state index in [2.05, 4.69) is 0 Å². The number of pyridine rings is 1. The van der Waals surface area contributed by atoms with E-state index >= 15 is 0 Å². The quantitative estimate of drug-likeness (QED) is 0.754. The largest absolute Gasteiger partial charge is 0.396 e. The summed E-state index contributed by atoms with van der Waals surface area (Å²) in [6.45, 7) is 0.0889. The van der Waals surface area contributed by atoms with Crippen molar-refractivity contribution in [3.05, 3.63) is 66.2 Å². The molecule has 0 aliphatic carbocycles. The minimum Gasteiger partial charge on any atom is -0.396 e. The van der Waals surface area contributed by atoms with E-state index in [1.54, 1.807) is 0 Å². The minimum atomic E-state index is -0.595. The third-order valence-corrected chi connectivity index (χ3v) is 3.81. The summed E-state index contributed by atoms with van der Waals surface area (Å²) in [6.07, 6.45) is 0.527. The van der Waals surface area contributed by atoms with Crippen molar-refractivity contribution in [3.63, 3.8) is 0 Å². The number of fused-ring (bicyclic) bond motifs is 1. The van der Waals surface area contributed by atoms with Gasteiger partial charge in [-0.2, -0.15) is 0 Å². The summed E-state index contributed by atoms with van der Waals surface area (Å²) in [5.41, 5.74) is 3.64. The Kier molecular flexibility index (Phi) is 4.47. The van der Waals surface area contributed by atoms with Gasteiger partial charge in [0.2, 0.25) is 0 Å². The first kappa shape index (κ1) is 14.7. The minimum absolute atomic E-state index is 0.0889. The van der Waals surface area contributed by atoms with Crippen molar-refractivity contribution in [2.75, 3.05) is 6.61 Å². The Morgan fingerprint density at radius 1 is 0.955 bits per heavy atom. The second-order valence-electron chi connectivity index (χ2n) is 5.36. The van der Waals surface area contributed by atoms with E-state index in [0.717, 1.165) is 27.7 Å². The lowest BCUT2D eigenvalue weighted by molar-refractivity contribution is 0.153. The molecule has 0 saturated heterocycles. The molecule has 3 nitrogen and oxygen atoms in total. The monoisotopic (exact) mass is 293 g/mol. The van der Waals surface area contributed by atoms with Crippen molar-refractivity contribution < 1.29 is 10.2 Å². The van der Waals surface area contributed by atoms with Crippen molar-refractivity contribution >= 4 is 10.9 Å². The lowest BCUT2D eigenvalue weighted by Crippen LogP contribution is -2.02. The van der Waals surface area contributed by atoms with Gasteiger partial charge in [0.25, 0.3) is 0 Å². The van der Waals surface area contributed by atoms with Crippen LogP contribution < -0.4 is 0 Å². The molecule has 2 N–H and O–H groups in total. The van der Waals surface area contributed by atoms with Gasteiger partial charge < -0.3 is 10.2 Å². The highest BCUT2D eigenvalue weighted by Crippen LogP contribution is 2.30. The van der Waals surface area contributed by atoms with Crippen LogP contribution in [0.25, 0.3) is 22.2 Å². The van der Waals surface area contributed by atoms with Crippen LogP contribution in [0.1, 0.15) is 24.5 Å². The molecule has 0 saturated carbocycles. The smallest absolute Gasteiger partial charge is 0.0798 e. The second kappa shape index (κ2) is 6.69. The molecule has 0 aliphatic rings. The van der Waals surface area contributed by atoms with Gasteiger partial charge in [0.05, 0.1) is 17.3 Å². The fraction of sp³-hybridized carbons (Fsp3) is 0.211. The van der Waals surface area contributed by atoms with Gasteiger partial charge in [0.15, 0.2) is 0 Å². The first-order valence-corrected chi connectivity index (χ1v) is 7.53. The van der Waals surface area contributed by atoms with E-state index in [1.807, 2.05) is 60.7 Å². The Balaban J connectivity index is 2.12. The van der Waals surface area contributed by atoms with E-state index in [4.69, 9.17) is 10.1 Å². The van der Waals surface area contributed by atoms with E-state index in [-0.39, 0.29) is 6.61 Å². The molecule has 0 amide bonds. The molecule has 0 spiro atoms. The molecule has 0 aliphatic heterocycles. The first-order valence-electron chi connectivity index (χ1n) is 7.53. The number of aliphatic hydroxyl groups is 2. The van der Waals surface area contributed by atoms with Gasteiger partial charge in [-0.05, 0) is 30.5 Å². The number of hydrogen-bond donors (Lipinski definition) is 2. The van der Waals surface area contributed by atoms with Gasteiger partial charge in [-0.1, -0.05) is 48.5 Å². The van der Waals surface area contributed by atoms with Crippen molar-refractivity contribution in [2.24, 2.45) is 0 Å². The molecule has 1 heterocycles. The van der Waals surface area contributed by atoms with Crippen LogP contribution in [-0.2, 0) is 0 Å². The molecule has 1 aromatic heterocycles. The van der Waals surface area contributed by atoms with Crippen LogP contribution in [0.15, 0.2) is 60.7 Å². The van der Waals surface area contributed by atoms with Gasteiger partial charge >= 0.3 is 0 Å². The SMILES string of the molecule is OCCCC(O)c1cc(-c2ccccc2)nc2ccccc12. The summed E-state index contributed by atoms with van der Waals surface area (Å²) in [6, 6.07) is 19.8. The maximum absolute atomic E-state index is 10.5. The zero-order chi connectivity index (χ0) is 15.4. The molecular weight excluding hydrogens is 274 g/mol. The number of hydrogen-bond acceptors (Lipinski definition) is 3. The number of nitrogens with zero attached hydrogens (tertiary/aromatic N) is 1. The molecule has 112 valence electrons. The average molecular weight is 293 g/mol. The van der Waals surface area contributed by atoms with E-state index in [9.17, 15) is 5.11 Å². The van der Waals surface area contributed by atoms with Gasteiger partial charge in [-0.15, -0.1) is 0 Å². The number of para-hydroxylation sites is 1. The van der Waals surface area contributed by atoms with Crippen LogP contribution in [0.4, 0.5) is 0 Å². The standard InChI is InChI=1S/C19H19NO2/c21-12-6-11-19(22)16-13-18(14-7-2-1-3-8-14)20-17-10-5-4-9-15(16)17/h1-5,7-10,13,19,21-22H,6,11-12H2. The molecule has 3 aromatic rings. The van der Waals surface area contributed by atoms with E-state index < -0.39 is 6.10 Å². The summed E-state index contributed by atoms with van der Waals surface area (Å²) in [7, 11) is 0. The third-order valence-electron chi connectivity index (χ3n) is 3.81. The van der Waals surface area contributed by atoms with Crippen molar-refractivity contribution in [1.29, 1.82) is 0 Å². The summed E-state index contributed by atoms with van der Waals surface area (Å²) in [5, 5.41) is 20.4. The van der Waals surface area contributed by atoms with Crippen LogP contribution in [0, 0.1) is 0 Å². The molecule has 3 rings (SSSR count). The van der Waals surface area contributed by atoms with Crippen LogP contribution in [0.2, 0.25) is 0 Å². The van der Waals surface area contributed by atoms with Gasteiger partial charge in [0, 0.05) is 17.6 Å². The summed E-state index contributed by atoms with van der Waals surface area (Å²) >= 11 is 0. The number of aliphatic hydroxyl groups excluding tert-OH is 2. The fourth-order valence-electron chi connectivity index (χ4n) is 2.67. The van der Waals surface area contributed by atoms with Gasteiger partial charge in [0.1, 0.15) is 0 Å². The predicted octanol–water partition coefficient (Wildman–Crippen LogP) is 3.71. The number of rotatable bonds is 5. The predicted molar refractivity (Wildman–Crippen MR) is 88.5 cm³/mol. The zero-order valence-corrected chi connectivity index (χ0v) is 12.3. The molecule has 0 radical (unpaired) electrons. The Bertz CT molecular complexity index is 756. The van der Waals surface area contributed by atoms with Crippen molar-refractivity contribution in [3.8, 4) is 11.3 Å². The van der Waals surface area contributed by atoms with Crippen molar-refractivity contribution in [1.82, 2.24) is 4.98 Å². The molecule has 1 unspecified atom stereocenters. The highest BCUT2D eigenvalue weighted by Gasteiger charge is 2.14. The molecule has 0 bridgehead atoms. The van der Waals surface area contributed by atoms with Crippen LogP contribution in [0.5, 0.6) is 0 Å². The highest BCUT2D eigenvalue weighted by molar-refractivity contribution is 5.85. The van der Waals surface area contributed by atoms with Gasteiger partial charge in [-0.3, -0.25) is 0 Å². The zero-order valence-electron chi connectivity index (χ0n) is 12.3. The summed E-state index contributed by atoms with van der Waals surface area (Å²) in [4.78, 5) is 4.71. The molecule has 22 heavy (non-hydrogen) atoms. The van der Waals surface area contributed by atoms with Crippen LogP contribution in [-0.4, -0.2) is 21.8 Å². The first-order chi connectivity index (χ1) is 10.8. The Labute approximate surface area is 129 Å². The topological polar surface area (TPSA) is 53.4 Å². The maximum atomic E-state index is 10.5. The Morgan fingerprint density at radius 3 is 2.45 bits per heavy atom.